The summed E-state index contributed by atoms with van der Waals surface area (Å²) in [5.74, 6) is -5.76. The first-order valence-corrected chi connectivity index (χ1v) is 8.96. The van der Waals surface area contributed by atoms with Crippen LogP contribution in [0.2, 0.25) is 0 Å². The number of aliphatic carboxylic acids is 6. The number of carbonyl (C=O) groups is 6. The molecule has 1 rings (SSSR count). The molecule has 0 saturated carbocycles. The molecule has 12 N–H and O–H groups in total. The maximum absolute atomic E-state index is 9.25. The summed E-state index contributed by atoms with van der Waals surface area (Å²) < 4.78 is 0. The molecule has 0 unspecified atom stereocenters. The number of hydrogen-bond acceptors (Lipinski definition) is 12. The van der Waals surface area contributed by atoms with Crippen LogP contribution in [0, 0.1) is 0 Å². The molecule has 0 aromatic carbocycles. The lowest BCUT2D eigenvalue weighted by atomic mass is 10.7. The largest absolute Gasteiger partial charge is 0.478 e. The van der Waals surface area contributed by atoms with Crippen LogP contribution in [0.15, 0.2) is 75.9 Å². The van der Waals surface area contributed by atoms with E-state index in [1.54, 1.807) is 0 Å². The fraction of sp³-hybridized carbons (Fsp3) is 0. The summed E-state index contributed by atoms with van der Waals surface area (Å²) in [4.78, 5) is 66.0. The number of carboxylic acids is 6. The van der Waals surface area contributed by atoms with Crippen molar-refractivity contribution in [2.75, 3.05) is 17.2 Å². The van der Waals surface area contributed by atoms with Crippen LogP contribution in [0.5, 0.6) is 0 Å². The second kappa shape index (κ2) is 33.8. The fourth-order valence-corrected chi connectivity index (χ4v) is 0.427. The van der Waals surface area contributed by atoms with E-state index in [0.29, 0.717) is 0 Å². The van der Waals surface area contributed by atoms with E-state index < -0.39 is 35.8 Å². The highest BCUT2D eigenvalue weighted by Crippen LogP contribution is 1.97. The van der Waals surface area contributed by atoms with Gasteiger partial charge >= 0.3 is 35.8 Å². The highest BCUT2D eigenvalue weighted by atomic mass is 16.4. The number of nitrogens with two attached hydrogens (primary N) is 3. The average molecular weight is 559 g/mol. The number of rotatable bonds is 6. The zero-order valence-electron chi connectivity index (χ0n) is 20.4. The summed E-state index contributed by atoms with van der Waals surface area (Å²) in [6.07, 6.45) is 5.00. The number of nitrogens with zero attached hydrogens (tertiary/aromatic N) is 3. The van der Waals surface area contributed by atoms with Crippen molar-refractivity contribution in [1.82, 2.24) is 15.0 Å². The SMILES string of the molecule is C=CC(=O)O.C=CC(=O)O.C=CC(=O)O.C=CC(=O)O.C=CC(=O)O.C=CC(=O)O.Nc1nc(N)nc(N)n1. The summed E-state index contributed by atoms with van der Waals surface area (Å²) in [6.45, 7) is 17.8. The van der Waals surface area contributed by atoms with Crippen molar-refractivity contribution in [3.63, 3.8) is 0 Å². The van der Waals surface area contributed by atoms with E-state index >= 15 is 0 Å². The molecule has 0 amide bonds. The van der Waals surface area contributed by atoms with Gasteiger partial charge in [0.25, 0.3) is 0 Å². The third-order valence-corrected chi connectivity index (χ3v) is 1.74. The van der Waals surface area contributed by atoms with Gasteiger partial charge < -0.3 is 47.8 Å². The topological polar surface area (TPSA) is 341 Å². The second-order valence-corrected chi connectivity index (χ2v) is 4.66. The number of hydrogen-bond donors (Lipinski definition) is 9. The molecule has 39 heavy (non-hydrogen) atoms. The first-order valence-electron chi connectivity index (χ1n) is 8.96. The zero-order chi connectivity index (χ0) is 32.6. The van der Waals surface area contributed by atoms with E-state index in [-0.39, 0.29) is 17.8 Å². The van der Waals surface area contributed by atoms with Gasteiger partial charge in [0.2, 0.25) is 17.8 Å². The summed E-state index contributed by atoms with van der Waals surface area (Å²) in [6, 6.07) is 0. The minimum Gasteiger partial charge on any atom is -0.478 e. The molecule has 0 bridgehead atoms. The van der Waals surface area contributed by atoms with Crippen LogP contribution in [0.1, 0.15) is 0 Å². The molecule has 216 valence electrons. The first-order chi connectivity index (χ1) is 17.8. The lowest BCUT2D eigenvalue weighted by Crippen LogP contribution is -2.05. The molecule has 1 heterocycles. The van der Waals surface area contributed by atoms with Crippen molar-refractivity contribution in [1.29, 1.82) is 0 Å². The van der Waals surface area contributed by atoms with Gasteiger partial charge in [-0.15, -0.1) is 0 Å². The highest BCUT2D eigenvalue weighted by molar-refractivity contribution is 5.80. The Morgan fingerprint density at radius 1 is 0.410 bits per heavy atom. The minimum absolute atomic E-state index is 0.0417. The molecular formula is C21H30N6O12. The van der Waals surface area contributed by atoms with Gasteiger partial charge in [0.15, 0.2) is 0 Å². The number of aromatic nitrogens is 3. The molecule has 18 nitrogen and oxygen atoms in total. The van der Waals surface area contributed by atoms with E-state index in [0.717, 1.165) is 36.5 Å². The maximum Gasteiger partial charge on any atom is 0.327 e. The molecule has 0 aliphatic heterocycles. The lowest BCUT2D eigenvalue weighted by Gasteiger charge is -1.93. The van der Waals surface area contributed by atoms with Crippen molar-refractivity contribution < 1.29 is 59.4 Å². The average Bonchev–Trinajstić information content (AvgIpc) is 2.85. The van der Waals surface area contributed by atoms with Gasteiger partial charge in [0.1, 0.15) is 0 Å². The summed E-state index contributed by atoms with van der Waals surface area (Å²) in [5.41, 5.74) is 15.4. The highest BCUT2D eigenvalue weighted by Gasteiger charge is 1.93. The Morgan fingerprint density at radius 2 is 0.487 bits per heavy atom. The van der Waals surface area contributed by atoms with Crippen molar-refractivity contribution in [2.45, 2.75) is 0 Å². The van der Waals surface area contributed by atoms with Gasteiger partial charge in [-0.2, -0.15) is 15.0 Å². The Balaban J connectivity index is -0.0000000830. The Morgan fingerprint density at radius 3 is 0.538 bits per heavy atom. The van der Waals surface area contributed by atoms with E-state index in [1.165, 1.54) is 0 Å². The monoisotopic (exact) mass is 558 g/mol. The Labute approximate surface area is 221 Å². The molecule has 1 aromatic heterocycles. The molecule has 0 spiro atoms. The second-order valence-electron chi connectivity index (χ2n) is 4.66. The van der Waals surface area contributed by atoms with Crippen molar-refractivity contribution >= 4 is 53.7 Å². The van der Waals surface area contributed by atoms with Gasteiger partial charge in [-0.25, -0.2) is 28.8 Å². The van der Waals surface area contributed by atoms with Crippen LogP contribution in [-0.4, -0.2) is 81.4 Å². The van der Waals surface area contributed by atoms with Crippen LogP contribution in [0.3, 0.4) is 0 Å². The quantitative estimate of drug-likeness (QED) is 0.210. The van der Waals surface area contributed by atoms with Crippen LogP contribution in [0.4, 0.5) is 17.8 Å². The van der Waals surface area contributed by atoms with Crippen molar-refractivity contribution in [3.8, 4) is 0 Å². The van der Waals surface area contributed by atoms with E-state index in [9.17, 15) is 28.8 Å². The van der Waals surface area contributed by atoms with E-state index in [4.69, 9.17) is 47.8 Å². The van der Waals surface area contributed by atoms with Crippen LogP contribution >= 0.6 is 0 Å². The fourth-order valence-electron chi connectivity index (χ4n) is 0.427. The molecule has 0 atom stereocenters. The molecule has 0 saturated heterocycles. The number of carboxylic acid groups (broad SMARTS) is 6. The van der Waals surface area contributed by atoms with Gasteiger partial charge in [0, 0.05) is 36.5 Å². The zero-order valence-corrected chi connectivity index (χ0v) is 20.4. The van der Waals surface area contributed by atoms with Crippen LogP contribution in [0.25, 0.3) is 0 Å². The van der Waals surface area contributed by atoms with Gasteiger partial charge in [-0.1, -0.05) is 39.5 Å². The molecular weight excluding hydrogens is 528 g/mol. The molecule has 0 radical (unpaired) electrons. The summed E-state index contributed by atoms with van der Waals surface area (Å²) >= 11 is 0. The van der Waals surface area contributed by atoms with Crippen LogP contribution in [-0.2, 0) is 28.8 Å². The Bertz CT molecular complexity index is 804. The summed E-state index contributed by atoms with van der Waals surface area (Å²) in [5, 5.41) is 45.6. The molecule has 0 aliphatic rings. The number of anilines is 3. The molecule has 0 aliphatic carbocycles. The molecule has 18 heteroatoms. The van der Waals surface area contributed by atoms with Crippen molar-refractivity contribution in [3.05, 3.63) is 75.9 Å². The maximum atomic E-state index is 9.25. The standard InChI is InChI=1S/C3H6N6.6C3H4O2/c4-1-7-2(5)9-3(6)8-1;6*1-2-3(4)5/h(H6,4,5,6,7,8,9);6*2H,1H2,(H,4,5). The third kappa shape index (κ3) is 89.3. The normalized spacial score (nSPS) is 7.08. The lowest BCUT2D eigenvalue weighted by molar-refractivity contribution is -0.132. The Kier molecular flexibility index (Phi) is 40.0. The van der Waals surface area contributed by atoms with Crippen molar-refractivity contribution in [2.24, 2.45) is 0 Å². The molecule has 0 fully saturated rings. The minimum atomic E-state index is -0.981. The third-order valence-electron chi connectivity index (χ3n) is 1.74. The van der Waals surface area contributed by atoms with Gasteiger partial charge in [-0.3, -0.25) is 0 Å². The van der Waals surface area contributed by atoms with E-state index in [1.807, 2.05) is 0 Å². The predicted octanol–water partition coefficient (Wildman–Crippen LogP) is 0.160. The first kappa shape index (κ1) is 46.1. The molecule has 1 aromatic rings. The smallest absolute Gasteiger partial charge is 0.327 e. The number of nitrogen functional groups attached to an aromatic ring is 3. The van der Waals surface area contributed by atoms with Gasteiger partial charge in [0.05, 0.1) is 0 Å². The Hall–Kier alpha value is -6.33. The predicted molar refractivity (Wildman–Crippen MR) is 140 cm³/mol. The van der Waals surface area contributed by atoms with Crippen LogP contribution < -0.4 is 17.2 Å². The van der Waals surface area contributed by atoms with E-state index in [2.05, 4.69) is 54.4 Å². The van der Waals surface area contributed by atoms with Gasteiger partial charge in [-0.05, 0) is 0 Å². The summed E-state index contributed by atoms with van der Waals surface area (Å²) in [7, 11) is 0.